The fourth-order valence-corrected chi connectivity index (χ4v) is 2.92. The van der Waals surface area contributed by atoms with Gasteiger partial charge in [-0.1, -0.05) is 18.2 Å². The average Bonchev–Trinajstić information content (AvgIpc) is 3.10. The number of pyridine rings is 1. The summed E-state index contributed by atoms with van der Waals surface area (Å²) in [5.74, 6) is -0.00400. The molecule has 110 valence electrons. The van der Waals surface area contributed by atoms with Crippen LogP contribution < -0.4 is 5.32 Å². The van der Waals surface area contributed by atoms with Gasteiger partial charge in [-0.15, -0.1) is 11.3 Å². The standard InChI is InChI=1S/C17H15N3OS/c1-18-16(21)11-12-5-6-13(15-4-2-3-7-19-15)14(10-12)17-20-8-9-22-17/h2-10H,11H2,1H3,(H,18,21). The molecule has 0 saturated heterocycles. The van der Waals surface area contributed by atoms with E-state index < -0.39 is 0 Å². The predicted molar refractivity (Wildman–Crippen MR) is 88.6 cm³/mol. The van der Waals surface area contributed by atoms with E-state index in [0.29, 0.717) is 6.42 Å². The maximum absolute atomic E-state index is 11.6. The van der Waals surface area contributed by atoms with Crippen molar-refractivity contribution in [3.63, 3.8) is 0 Å². The lowest BCUT2D eigenvalue weighted by Gasteiger charge is -2.09. The third kappa shape index (κ3) is 3.04. The molecule has 3 rings (SSSR count). The molecule has 0 aliphatic carbocycles. The number of hydrogen-bond donors (Lipinski definition) is 1. The molecule has 1 amide bonds. The molecule has 1 N–H and O–H groups in total. The number of aromatic nitrogens is 2. The van der Waals surface area contributed by atoms with Crippen molar-refractivity contribution in [1.82, 2.24) is 15.3 Å². The number of amides is 1. The second kappa shape index (κ2) is 6.49. The van der Waals surface area contributed by atoms with Gasteiger partial charge in [0.05, 0.1) is 12.1 Å². The molecular formula is C17H15N3OS. The topological polar surface area (TPSA) is 54.9 Å². The molecule has 3 aromatic rings. The van der Waals surface area contributed by atoms with Gasteiger partial charge in [0.15, 0.2) is 0 Å². The molecule has 0 spiro atoms. The Morgan fingerprint density at radius 2 is 2.05 bits per heavy atom. The number of carbonyl (C=O) groups excluding carboxylic acids is 1. The van der Waals surface area contributed by atoms with Crippen LogP contribution in [0.5, 0.6) is 0 Å². The van der Waals surface area contributed by atoms with E-state index in [9.17, 15) is 4.79 Å². The van der Waals surface area contributed by atoms with E-state index in [2.05, 4.69) is 15.3 Å². The van der Waals surface area contributed by atoms with Crippen LogP contribution in [0.25, 0.3) is 21.8 Å². The summed E-state index contributed by atoms with van der Waals surface area (Å²) in [6.45, 7) is 0. The van der Waals surface area contributed by atoms with Gasteiger partial charge in [0.1, 0.15) is 5.01 Å². The van der Waals surface area contributed by atoms with Crippen molar-refractivity contribution < 1.29 is 4.79 Å². The fourth-order valence-electron chi connectivity index (χ4n) is 2.25. The molecule has 0 saturated carbocycles. The second-order valence-electron chi connectivity index (χ2n) is 4.78. The summed E-state index contributed by atoms with van der Waals surface area (Å²) in [7, 11) is 1.65. The Bertz CT molecular complexity index is 770. The van der Waals surface area contributed by atoms with Crippen molar-refractivity contribution in [2.45, 2.75) is 6.42 Å². The van der Waals surface area contributed by atoms with Gasteiger partial charge in [0.2, 0.25) is 5.91 Å². The van der Waals surface area contributed by atoms with Crippen molar-refractivity contribution in [3.8, 4) is 21.8 Å². The normalized spacial score (nSPS) is 10.4. The van der Waals surface area contributed by atoms with Gasteiger partial charge in [0.25, 0.3) is 0 Å². The van der Waals surface area contributed by atoms with E-state index in [0.717, 1.165) is 27.4 Å². The van der Waals surface area contributed by atoms with Crippen LogP contribution in [0.2, 0.25) is 0 Å². The Hall–Kier alpha value is -2.53. The second-order valence-corrected chi connectivity index (χ2v) is 5.68. The third-order valence-electron chi connectivity index (χ3n) is 3.33. The molecule has 0 aliphatic rings. The molecule has 5 heteroatoms. The van der Waals surface area contributed by atoms with Crippen molar-refractivity contribution in [3.05, 3.63) is 59.7 Å². The van der Waals surface area contributed by atoms with Gasteiger partial charge in [-0.3, -0.25) is 9.78 Å². The third-order valence-corrected chi connectivity index (χ3v) is 4.14. The molecule has 0 aliphatic heterocycles. The molecule has 0 bridgehead atoms. The number of benzene rings is 1. The van der Waals surface area contributed by atoms with Gasteiger partial charge in [-0.2, -0.15) is 0 Å². The number of rotatable bonds is 4. The largest absolute Gasteiger partial charge is 0.359 e. The van der Waals surface area contributed by atoms with Crippen molar-refractivity contribution in [2.24, 2.45) is 0 Å². The molecule has 0 radical (unpaired) electrons. The SMILES string of the molecule is CNC(=O)Cc1ccc(-c2ccccn2)c(-c2nccs2)c1. The van der Waals surface area contributed by atoms with Crippen LogP contribution in [0, 0.1) is 0 Å². The van der Waals surface area contributed by atoms with E-state index in [-0.39, 0.29) is 5.91 Å². The van der Waals surface area contributed by atoms with Gasteiger partial charge < -0.3 is 5.32 Å². The first-order valence-corrected chi connectivity index (χ1v) is 7.80. The van der Waals surface area contributed by atoms with E-state index >= 15 is 0 Å². The average molecular weight is 309 g/mol. The monoisotopic (exact) mass is 309 g/mol. The molecule has 0 atom stereocenters. The first-order valence-electron chi connectivity index (χ1n) is 6.92. The lowest BCUT2D eigenvalue weighted by molar-refractivity contribution is -0.119. The molecule has 1 aromatic carbocycles. The summed E-state index contributed by atoms with van der Waals surface area (Å²) >= 11 is 1.58. The Labute approximate surface area is 132 Å². The Morgan fingerprint density at radius 1 is 1.14 bits per heavy atom. The van der Waals surface area contributed by atoms with Gasteiger partial charge in [-0.05, 0) is 23.8 Å². The summed E-state index contributed by atoms with van der Waals surface area (Å²) in [5, 5.41) is 5.53. The minimum Gasteiger partial charge on any atom is -0.359 e. The minimum atomic E-state index is -0.00400. The van der Waals surface area contributed by atoms with E-state index in [4.69, 9.17) is 0 Å². The zero-order valence-electron chi connectivity index (χ0n) is 12.1. The number of thiazole rings is 1. The first kappa shape index (κ1) is 14.4. The highest BCUT2D eigenvalue weighted by Crippen LogP contribution is 2.33. The van der Waals surface area contributed by atoms with Crippen LogP contribution in [-0.4, -0.2) is 22.9 Å². The molecular weight excluding hydrogens is 294 g/mol. The summed E-state index contributed by atoms with van der Waals surface area (Å²) in [5.41, 5.74) is 3.90. The molecule has 22 heavy (non-hydrogen) atoms. The van der Waals surface area contributed by atoms with Gasteiger partial charge in [0, 0.05) is 35.9 Å². The fraction of sp³-hybridized carbons (Fsp3) is 0.118. The lowest BCUT2D eigenvalue weighted by Crippen LogP contribution is -2.19. The van der Waals surface area contributed by atoms with Crippen LogP contribution in [0.3, 0.4) is 0 Å². The van der Waals surface area contributed by atoms with Gasteiger partial charge >= 0.3 is 0 Å². The minimum absolute atomic E-state index is 0.00400. The van der Waals surface area contributed by atoms with Crippen LogP contribution in [-0.2, 0) is 11.2 Å². The van der Waals surface area contributed by atoms with Crippen molar-refractivity contribution in [1.29, 1.82) is 0 Å². The van der Waals surface area contributed by atoms with Crippen molar-refractivity contribution in [2.75, 3.05) is 7.05 Å². The molecule has 2 aromatic heterocycles. The molecule has 0 unspecified atom stereocenters. The van der Waals surface area contributed by atoms with E-state index in [1.165, 1.54) is 0 Å². The first-order chi connectivity index (χ1) is 10.8. The number of carbonyl (C=O) groups is 1. The summed E-state index contributed by atoms with van der Waals surface area (Å²) in [4.78, 5) is 20.4. The predicted octanol–water partition coefficient (Wildman–Crippen LogP) is 3.16. The summed E-state index contributed by atoms with van der Waals surface area (Å²) in [6.07, 6.45) is 3.92. The number of likely N-dealkylation sites (N-methyl/N-ethyl adjacent to an activating group) is 1. The van der Waals surface area contributed by atoms with Crippen LogP contribution in [0.4, 0.5) is 0 Å². The maximum Gasteiger partial charge on any atom is 0.224 e. The lowest BCUT2D eigenvalue weighted by atomic mass is 9.99. The van der Waals surface area contributed by atoms with Crippen LogP contribution >= 0.6 is 11.3 Å². The highest BCUT2D eigenvalue weighted by molar-refractivity contribution is 7.13. The van der Waals surface area contributed by atoms with Crippen molar-refractivity contribution >= 4 is 17.2 Å². The van der Waals surface area contributed by atoms with Crippen LogP contribution in [0.15, 0.2) is 54.2 Å². The summed E-state index contributed by atoms with van der Waals surface area (Å²) < 4.78 is 0. The Balaban J connectivity index is 2.08. The zero-order chi connectivity index (χ0) is 15.4. The van der Waals surface area contributed by atoms with Gasteiger partial charge in [-0.25, -0.2) is 4.98 Å². The van der Waals surface area contributed by atoms with Crippen LogP contribution in [0.1, 0.15) is 5.56 Å². The maximum atomic E-state index is 11.6. The zero-order valence-corrected chi connectivity index (χ0v) is 12.9. The van der Waals surface area contributed by atoms with E-state index in [1.807, 2.05) is 41.8 Å². The Kier molecular flexibility index (Phi) is 4.25. The molecule has 4 nitrogen and oxygen atoms in total. The quantitative estimate of drug-likeness (QED) is 0.805. The summed E-state index contributed by atoms with van der Waals surface area (Å²) in [6, 6.07) is 11.8. The Morgan fingerprint density at radius 3 is 2.73 bits per heavy atom. The highest BCUT2D eigenvalue weighted by atomic mass is 32.1. The van der Waals surface area contributed by atoms with E-state index in [1.54, 1.807) is 30.8 Å². The highest BCUT2D eigenvalue weighted by Gasteiger charge is 2.12. The molecule has 0 fully saturated rings. The number of nitrogens with zero attached hydrogens (tertiary/aromatic N) is 2. The number of nitrogens with one attached hydrogen (secondary N) is 1. The smallest absolute Gasteiger partial charge is 0.224 e. The molecule has 2 heterocycles. The number of hydrogen-bond acceptors (Lipinski definition) is 4.